The summed E-state index contributed by atoms with van der Waals surface area (Å²) in [6.45, 7) is 0. The van der Waals surface area contributed by atoms with Crippen LogP contribution in [0.15, 0.2) is 5.57 Å². The molecule has 5 heteroatoms. The van der Waals surface area contributed by atoms with Gasteiger partial charge in [0.2, 0.25) is 0 Å². The summed E-state index contributed by atoms with van der Waals surface area (Å²) in [5.74, 6) is -1.18. The molecule has 0 radical (unpaired) electrons. The van der Waals surface area contributed by atoms with Gasteiger partial charge in [-0.3, -0.25) is 0 Å². The van der Waals surface area contributed by atoms with E-state index < -0.39 is 5.92 Å². The van der Waals surface area contributed by atoms with Gasteiger partial charge < -0.3 is 5.26 Å². The molecule has 0 fully saturated rings. The van der Waals surface area contributed by atoms with Crippen LogP contribution in [0.2, 0.25) is 0 Å². The first-order chi connectivity index (χ1) is 5.29. The van der Waals surface area contributed by atoms with E-state index in [2.05, 4.69) is 0 Å². The molecule has 0 rings (SSSR count). The summed E-state index contributed by atoms with van der Waals surface area (Å²) in [6, 6.07) is 6.11. The van der Waals surface area contributed by atoms with Crippen molar-refractivity contribution < 1.29 is 51.4 Å². The van der Waals surface area contributed by atoms with Crippen molar-refractivity contribution in [3.8, 4) is 24.3 Å². The maximum atomic E-state index is 8.29. The van der Waals surface area contributed by atoms with E-state index in [9.17, 15) is 0 Å². The second-order valence-electron chi connectivity index (χ2n) is 1.45. The van der Waals surface area contributed by atoms with Gasteiger partial charge in [0.1, 0.15) is 5.92 Å². The van der Waals surface area contributed by atoms with Crippen LogP contribution < -0.4 is 51.4 Å². The van der Waals surface area contributed by atoms with Crippen molar-refractivity contribution in [2.45, 2.75) is 0 Å². The summed E-state index contributed by atoms with van der Waals surface area (Å²) < 4.78 is 0. The first-order valence-electron chi connectivity index (χ1n) is 2.51. The Kier molecular flexibility index (Phi) is 9.76. The number of rotatable bonds is 1. The minimum atomic E-state index is -1.18. The van der Waals surface area contributed by atoms with Gasteiger partial charge in [0, 0.05) is 0 Å². The molecule has 0 aliphatic rings. The molecule has 0 saturated carbocycles. The van der Waals surface area contributed by atoms with Crippen molar-refractivity contribution >= 4 is 0 Å². The van der Waals surface area contributed by atoms with Crippen LogP contribution in [-0.2, 0) is 0 Å². The van der Waals surface area contributed by atoms with E-state index in [4.69, 9.17) is 21.0 Å². The fourth-order valence-corrected chi connectivity index (χ4v) is 0.383. The second kappa shape index (κ2) is 8.43. The van der Waals surface area contributed by atoms with E-state index in [1.165, 1.54) is 6.07 Å². The summed E-state index contributed by atoms with van der Waals surface area (Å²) in [6.07, 6.45) is 1.95. The Bertz CT molecular complexity index is 316. The van der Waals surface area contributed by atoms with E-state index in [1.54, 1.807) is 18.2 Å². The van der Waals surface area contributed by atoms with Gasteiger partial charge in [0.15, 0.2) is 0 Å². The largest absolute Gasteiger partial charge is 1.00 e. The van der Waals surface area contributed by atoms with Gasteiger partial charge >= 0.3 is 51.4 Å². The Balaban J connectivity index is 0. The van der Waals surface area contributed by atoms with Gasteiger partial charge in [-0.25, -0.2) is 5.26 Å². The van der Waals surface area contributed by atoms with Crippen molar-refractivity contribution in [3.63, 3.8) is 0 Å². The van der Waals surface area contributed by atoms with Crippen molar-refractivity contribution in [2.24, 2.45) is 5.92 Å². The molecule has 0 aromatic rings. The zero-order valence-corrected chi connectivity index (χ0v) is 9.49. The van der Waals surface area contributed by atoms with Crippen LogP contribution >= 0.6 is 0 Å². The van der Waals surface area contributed by atoms with Gasteiger partial charge in [0.25, 0.3) is 0 Å². The molecule has 4 nitrogen and oxygen atoms in total. The van der Waals surface area contributed by atoms with Crippen LogP contribution in [0.3, 0.4) is 0 Å². The first kappa shape index (κ1) is 13.9. The molecule has 0 aliphatic heterocycles. The molecule has 0 bridgehead atoms. The Hall–Kier alpha value is -0.664. The average Bonchev–Trinajstić information content (AvgIpc) is 2.05. The molecule has 0 N–H and O–H groups in total. The van der Waals surface area contributed by atoms with Gasteiger partial charge in [-0.05, 0) is 6.07 Å². The van der Waals surface area contributed by atoms with Gasteiger partial charge in [-0.1, -0.05) is 0 Å². The molecule has 0 unspecified atom stereocenters. The smallest absolute Gasteiger partial charge is 0.329 e. The molecular weight excluding hydrogens is 179 g/mol. The van der Waals surface area contributed by atoms with Crippen LogP contribution in [0.25, 0.3) is 0 Å². The topological polar surface area (TPSA) is 95.2 Å². The predicted octanol–water partition coefficient (Wildman–Crippen LogP) is -2.57. The Morgan fingerprint density at radius 3 is 1.83 bits per heavy atom. The zero-order chi connectivity index (χ0) is 8.69. The van der Waals surface area contributed by atoms with Crippen LogP contribution in [0.1, 0.15) is 0 Å². The molecule has 12 heavy (non-hydrogen) atoms. The Morgan fingerprint density at radius 2 is 1.58 bits per heavy atom. The predicted molar refractivity (Wildman–Crippen MR) is 32.7 cm³/mol. The van der Waals surface area contributed by atoms with Gasteiger partial charge in [-0.2, -0.15) is 10.5 Å². The average molecular weight is 180 g/mol. The summed E-state index contributed by atoms with van der Waals surface area (Å²) in [7, 11) is 0. The fourth-order valence-electron chi connectivity index (χ4n) is 0.383. The van der Waals surface area contributed by atoms with Crippen molar-refractivity contribution in [3.05, 3.63) is 11.6 Å². The molecular formula is C7HKN4. The third-order valence-corrected chi connectivity index (χ3v) is 0.858. The normalized spacial score (nSPS) is 8.25. The Labute approximate surface area is 113 Å². The second-order valence-corrected chi connectivity index (χ2v) is 1.45. The van der Waals surface area contributed by atoms with E-state index in [0.29, 0.717) is 0 Å². The molecule has 0 saturated heterocycles. The quantitative estimate of drug-likeness (QED) is 0.252. The number of nitriles is 4. The molecule has 0 aliphatic carbocycles. The van der Waals surface area contributed by atoms with E-state index >= 15 is 0 Å². The zero-order valence-electron chi connectivity index (χ0n) is 6.37. The molecule has 0 aromatic heterocycles. The molecule has 0 amide bonds. The Morgan fingerprint density at radius 1 is 1.08 bits per heavy atom. The minimum Gasteiger partial charge on any atom is -0.329 e. The summed E-state index contributed by atoms with van der Waals surface area (Å²) in [5.41, 5.74) is -0.238. The maximum absolute atomic E-state index is 8.29. The van der Waals surface area contributed by atoms with Crippen LogP contribution in [-0.4, -0.2) is 0 Å². The summed E-state index contributed by atoms with van der Waals surface area (Å²) in [5, 5.41) is 32.9. The standard InChI is InChI=1S/C7HN4.K/c8-2-1-6(3-9)7(4-10)5-11;/h7H;/q-1;+1. The molecule has 0 spiro atoms. The number of hydrogen-bond donors (Lipinski definition) is 0. The fraction of sp³-hybridized carbons (Fsp3) is 0.143. The number of nitrogens with zero attached hydrogens (tertiary/aromatic N) is 4. The minimum absolute atomic E-state index is 0. The van der Waals surface area contributed by atoms with Crippen LogP contribution in [0, 0.1) is 57.3 Å². The molecule has 50 valence electrons. The van der Waals surface area contributed by atoms with E-state index in [1.807, 2.05) is 6.08 Å². The van der Waals surface area contributed by atoms with E-state index in [-0.39, 0.29) is 57.0 Å². The van der Waals surface area contributed by atoms with Crippen molar-refractivity contribution in [1.29, 1.82) is 21.0 Å². The third-order valence-electron chi connectivity index (χ3n) is 0.858. The summed E-state index contributed by atoms with van der Waals surface area (Å²) in [4.78, 5) is 0. The summed E-state index contributed by atoms with van der Waals surface area (Å²) >= 11 is 0. The van der Waals surface area contributed by atoms with Crippen LogP contribution in [0.4, 0.5) is 0 Å². The first-order valence-corrected chi connectivity index (χ1v) is 2.51. The van der Waals surface area contributed by atoms with Crippen molar-refractivity contribution in [1.82, 2.24) is 0 Å². The molecule has 0 aromatic carbocycles. The SMILES string of the molecule is N#C[C-]=C(C#N)C(C#N)C#N.[K+]. The van der Waals surface area contributed by atoms with Gasteiger partial charge in [-0.15, -0.1) is 17.7 Å². The number of allylic oxidation sites excluding steroid dienone is 2. The van der Waals surface area contributed by atoms with Crippen molar-refractivity contribution in [2.75, 3.05) is 0 Å². The third kappa shape index (κ3) is 4.26. The molecule has 0 heterocycles. The van der Waals surface area contributed by atoms with E-state index in [0.717, 1.165) is 0 Å². The van der Waals surface area contributed by atoms with Crippen LogP contribution in [0.5, 0.6) is 0 Å². The van der Waals surface area contributed by atoms with Gasteiger partial charge in [0.05, 0.1) is 12.1 Å². The molecule has 0 atom stereocenters. The monoisotopic (exact) mass is 180 g/mol. The maximum Gasteiger partial charge on any atom is 1.00 e. The number of hydrogen-bond acceptors (Lipinski definition) is 4.